The summed E-state index contributed by atoms with van der Waals surface area (Å²) in [5, 5.41) is 13.9. The first-order valence-electron chi connectivity index (χ1n) is 9.06. The van der Waals surface area contributed by atoms with Crippen LogP contribution in [0, 0.1) is 0 Å². The van der Waals surface area contributed by atoms with E-state index >= 15 is 0 Å². The minimum atomic E-state index is -1.23. The summed E-state index contributed by atoms with van der Waals surface area (Å²) >= 11 is 0. The van der Waals surface area contributed by atoms with Gasteiger partial charge >= 0.3 is 0 Å². The van der Waals surface area contributed by atoms with Crippen molar-refractivity contribution in [2.75, 3.05) is 18.0 Å². The molecule has 0 saturated carbocycles. The number of rotatable bonds is 9. The molecule has 0 radical (unpaired) electrons. The summed E-state index contributed by atoms with van der Waals surface area (Å²) in [7, 11) is 0. The molecular weight excluding hydrogens is 326 g/mol. The third-order valence-corrected chi connectivity index (χ3v) is 4.00. The van der Waals surface area contributed by atoms with Crippen LogP contribution < -0.4 is 10.3 Å². The molecule has 1 atom stereocenters. The Hall–Kier alpha value is -2.66. The van der Waals surface area contributed by atoms with Crippen LogP contribution in [-0.2, 0) is 4.79 Å². The van der Waals surface area contributed by atoms with E-state index in [9.17, 15) is 9.90 Å². The van der Waals surface area contributed by atoms with Crippen LogP contribution in [-0.4, -0.2) is 30.3 Å². The van der Waals surface area contributed by atoms with E-state index < -0.39 is 12.0 Å². The molecule has 0 spiro atoms. The number of hydrogen-bond acceptors (Lipinski definition) is 4. The van der Waals surface area contributed by atoms with Crippen molar-refractivity contribution in [3.8, 4) is 0 Å². The molecule has 0 bridgehead atoms. The molecule has 0 aliphatic rings. The second-order valence-electron chi connectivity index (χ2n) is 6.13. The number of hydrazone groups is 1. The Morgan fingerprint density at radius 2 is 1.69 bits per heavy atom. The van der Waals surface area contributed by atoms with Gasteiger partial charge in [0.1, 0.15) is 0 Å². The van der Waals surface area contributed by atoms with Gasteiger partial charge < -0.3 is 10.0 Å². The second-order valence-corrected chi connectivity index (χ2v) is 6.13. The molecule has 2 N–H and O–H groups in total. The summed E-state index contributed by atoms with van der Waals surface area (Å²) in [5.74, 6) is -0.555. The molecule has 5 heteroatoms. The molecule has 0 saturated heterocycles. The highest BCUT2D eigenvalue weighted by Gasteiger charge is 2.15. The van der Waals surface area contributed by atoms with Gasteiger partial charge in [-0.25, -0.2) is 5.43 Å². The van der Waals surface area contributed by atoms with Crippen molar-refractivity contribution in [2.45, 2.75) is 32.8 Å². The molecule has 0 aliphatic carbocycles. The fourth-order valence-electron chi connectivity index (χ4n) is 2.70. The number of hydrogen-bond donors (Lipinski definition) is 2. The van der Waals surface area contributed by atoms with Gasteiger partial charge in [-0.15, -0.1) is 0 Å². The summed E-state index contributed by atoms with van der Waals surface area (Å²) in [6, 6.07) is 16.8. The number of benzene rings is 2. The van der Waals surface area contributed by atoms with Gasteiger partial charge in [-0.2, -0.15) is 5.10 Å². The van der Waals surface area contributed by atoms with Crippen LogP contribution in [0.5, 0.6) is 0 Å². The third-order valence-electron chi connectivity index (χ3n) is 4.00. The summed E-state index contributed by atoms with van der Waals surface area (Å²) in [5.41, 5.74) is 4.99. The molecule has 0 heterocycles. The fourth-order valence-corrected chi connectivity index (χ4v) is 2.70. The zero-order valence-corrected chi connectivity index (χ0v) is 15.4. The van der Waals surface area contributed by atoms with Crippen molar-refractivity contribution in [3.05, 3.63) is 65.7 Å². The van der Waals surface area contributed by atoms with Crippen molar-refractivity contribution in [1.82, 2.24) is 5.43 Å². The van der Waals surface area contributed by atoms with Crippen molar-refractivity contribution < 1.29 is 9.90 Å². The first kappa shape index (κ1) is 19.7. The maximum atomic E-state index is 11.9. The Bertz CT molecular complexity index is 693. The molecule has 138 valence electrons. The van der Waals surface area contributed by atoms with Crippen molar-refractivity contribution >= 4 is 17.8 Å². The van der Waals surface area contributed by atoms with E-state index in [2.05, 4.69) is 41.4 Å². The Balaban J connectivity index is 1.92. The van der Waals surface area contributed by atoms with Crippen LogP contribution in [0.4, 0.5) is 5.69 Å². The lowest BCUT2D eigenvalue weighted by Crippen LogP contribution is -2.25. The Kier molecular flexibility index (Phi) is 7.83. The van der Waals surface area contributed by atoms with Gasteiger partial charge in [0.2, 0.25) is 0 Å². The number of anilines is 1. The van der Waals surface area contributed by atoms with Gasteiger partial charge in [-0.1, -0.05) is 56.3 Å². The van der Waals surface area contributed by atoms with Crippen molar-refractivity contribution in [2.24, 2.45) is 5.10 Å². The lowest BCUT2D eigenvalue weighted by Gasteiger charge is -2.23. The lowest BCUT2D eigenvalue weighted by atomic mass is 10.1. The smallest absolute Gasteiger partial charge is 0.273 e. The number of carbonyl (C=O) groups is 1. The zero-order chi connectivity index (χ0) is 18.8. The average Bonchev–Trinajstić information content (AvgIpc) is 2.68. The van der Waals surface area contributed by atoms with Gasteiger partial charge in [0, 0.05) is 18.8 Å². The monoisotopic (exact) mass is 353 g/mol. The summed E-state index contributed by atoms with van der Waals surface area (Å²) in [4.78, 5) is 14.3. The van der Waals surface area contributed by atoms with Gasteiger partial charge in [0.25, 0.3) is 5.91 Å². The normalized spacial score (nSPS) is 12.1. The van der Waals surface area contributed by atoms with Gasteiger partial charge in [0.15, 0.2) is 6.10 Å². The number of nitrogens with one attached hydrogen (secondary N) is 1. The SMILES string of the molecule is CCCN(CCC)c1ccc(C=NNC(=O)C(O)c2ccccc2)cc1. The maximum absolute atomic E-state index is 11.9. The fraction of sp³-hybridized carbons (Fsp3) is 0.333. The summed E-state index contributed by atoms with van der Waals surface area (Å²) in [6.07, 6.45) is 2.56. The van der Waals surface area contributed by atoms with Crippen LogP contribution in [0.2, 0.25) is 0 Å². The molecule has 0 aliphatic heterocycles. The predicted octanol–water partition coefficient (Wildman–Crippen LogP) is 3.50. The van der Waals surface area contributed by atoms with E-state index in [0.29, 0.717) is 5.56 Å². The van der Waals surface area contributed by atoms with E-state index in [-0.39, 0.29) is 0 Å². The number of carbonyl (C=O) groups excluding carboxylic acids is 1. The highest BCUT2D eigenvalue weighted by Crippen LogP contribution is 2.16. The van der Waals surface area contributed by atoms with Crippen LogP contribution in [0.1, 0.15) is 43.9 Å². The quantitative estimate of drug-likeness (QED) is 0.536. The van der Waals surface area contributed by atoms with E-state index in [1.54, 1.807) is 30.5 Å². The average molecular weight is 353 g/mol. The van der Waals surface area contributed by atoms with E-state index in [0.717, 1.165) is 31.5 Å². The number of aliphatic hydroxyl groups is 1. The molecule has 5 nitrogen and oxygen atoms in total. The van der Waals surface area contributed by atoms with Gasteiger partial charge in [-0.3, -0.25) is 4.79 Å². The lowest BCUT2D eigenvalue weighted by molar-refractivity contribution is -0.129. The van der Waals surface area contributed by atoms with Crippen LogP contribution >= 0.6 is 0 Å². The van der Waals surface area contributed by atoms with Gasteiger partial charge in [0.05, 0.1) is 6.21 Å². The molecular formula is C21H27N3O2. The van der Waals surface area contributed by atoms with Crippen LogP contribution in [0.3, 0.4) is 0 Å². The Labute approximate surface area is 155 Å². The summed E-state index contributed by atoms with van der Waals surface area (Å²) < 4.78 is 0. The molecule has 0 aromatic heterocycles. The predicted molar refractivity (Wildman–Crippen MR) is 106 cm³/mol. The van der Waals surface area contributed by atoms with Crippen molar-refractivity contribution in [1.29, 1.82) is 0 Å². The highest BCUT2D eigenvalue weighted by molar-refractivity contribution is 5.85. The van der Waals surface area contributed by atoms with Crippen LogP contribution in [0.25, 0.3) is 0 Å². The molecule has 1 unspecified atom stereocenters. The molecule has 2 rings (SSSR count). The topological polar surface area (TPSA) is 64.9 Å². The minimum absolute atomic E-state index is 0.538. The van der Waals surface area contributed by atoms with Gasteiger partial charge in [-0.05, 0) is 36.1 Å². The first-order chi connectivity index (χ1) is 12.7. The minimum Gasteiger partial charge on any atom is -0.378 e. The molecule has 1 amide bonds. The largest absolute Gasteiger partial charge is 0.378 e. The molecule has 0 fully saturated rings. The maximum Gasteiger partial charge on any atom is 0.273 e. The number of aliphatic hydroxyl groups excluding tert-OH is 1. The molecule has 26 heavy (non-hydrogen) atoms. The van der Waals surface area contributed by atoms with Crippen molar-refractivity contribution in [3.63, 3.8) is 0 Å². The third kappa shape index (κ3) is 5.70. The molecule has 2 aromatic rings. The number of amides is 1. The Morgan fingerprint density at radius 1 is 1.08 bits per heavy atom. The Morgan fingerprint density at radius 3 is 2.27 bits per heavy atom. The summed E-state index contributed by atoms with van der Waals surface area (Å²) in [6.45, 7) is 6.43. The second kappa shape index (κ2) is 10.4. The first-order valence-corrected chi connectivity index (χ1v) is 9.06. The van der Waals surface area contributed by atoms with E-state index in [1.807, 2.05) is 18.2 Å². The molecule has 2 aromatic carbocycles. The zero-order valence-electron chi connectivity index (χ0n) is 15.4. The highest BCUT2D eigenvalue weighted by atomic mass is 16.3. The van der Waals surface area contributed by atoms with Crippen LogP contribution in [0.15, 0.2) is 59.7 Å². The number of nitrogens with zero attached hydrogens (tertiary/aromatic N) is 2. The standard InChI is InChI=1S/C21H27N3O2/c1-3-14-24(15-4-2)19-12-10-17(11-13-19)16-22-23-21(26)20(25)18-8-6-5-7-9-18/h5-13,16,20,25H,3-4,14-15H2,1-2H3,(H,23,26). The van der Waals surface area contributed by atoms with E-state index in [1.165, 1.54) is 5.69 Å². The van der Waals surface area contributed by atoms with E-state index in [4.69, 9.17) is 0 Å².